The van der Waals surface area contributed by atoms with Gasteiger partial charge < -0.3 is 15.4 Å². The third-order valence-corrected chi connectivity index (χ3v) is 3.33. The number of carbonyl (C=O) groups excluding carboxylic acids is 2. The van der Waals surface area contributed by atoms with Crippen molar-refractivity contribution >= 4 is 11.8 Å². The molecule has 0 unspecified atom stereocenters. The van der Waals surface area contributed by atoms with E-state index >= 15 is 0 Å². The van der Waals surface area contributed by atoms with Crippen molar-refractivity contribution in [1.82, 2.24) is 10.6 Å². The number of ether oxygens (including phenoxy) is 1. The highest BCUT2D eigenvalue weighted by Crippen LogP contribution is 2.26. The van der Waals surface area contributed by atoms with Crippen molar-refractivity contribution in [1.29, 1.82) is 0 Å². The molecule has 1 aliphatic rings. The molecule has 2 amide bonds. The number of methoxy groups -OCH3 is 1. The summed E-state index contributed by atoms with van der Waals surface area (Å²) in [5.41, 5.74) is 0. The van der Waals surface area contributed by atoms with Gasteiger partial charge in [-0.3, -0.25) is 9.59 Å². The molecule has 0 aromatic carbocycles. The van der Waals surface area contributed by atoms with Crippen LogP contribution in [0.4, 0.5) is 0 Å². The summed E-state index contributed by atoms with van der Waals surface area (Å²) in [5.74, 6) is -0.335. The second-order valence-electron chi connectivity index (χ2n) is 4.80. The van der Waals surface area contributed by atoms with E-state index in [1.807, 2.05) is 0 Å². The Labute approximate surface area is 109 Å². The zero-order valence-electron chi connectivity index (χ0n) is 11.2. The Hall–Kier alpha value is -1.10. The summed E-state index contributed by atoms with van der Waals surface area (Å²) >= 11 is 0. The highest BCUT2D eigenvalue weighted by atomic mass is 16.5. The molecule has 0 atom stereocenters. The molecule has 5 heteroatoms. The van der Waals surface area contributed by atoms with Crippen LogP contribution in [0.25, 0.3) is 0 Å². The third-order valence-electron chi connectivity index (χ3n) is 3.33. The van der Waals surface area contributed by atoms with Crippen molar-refractivity contribution in [2.24, 2.45) is 5.92 Å². The highest BCUT2D eigenvalue weighted by molar-refractivity contribution is 6.35. The Morgan fingerprint density at radius 3 is 2.33 bits per heavy atom. The van der Waals surface area contributed by atoms with E-state index in [1.54, 1.807) is 7.11 Å². The van der Waals surface area contributed by atoms with Gasteiger partial charge in [-0.2, -0.15) is 0 Å². The topological polar surface area (TPSA) is 67.4 Å². The van der Waals surface area contributed by atoms with Crippen molar-refractivity contribution in [3.05, 3.63) is 0 Å². The van der Waals surface area contributed by atoms with E-state index in [4.69, 9.17) is 4.74 Å². The lowest BCUT2D eigenvalue weighted by atomic mass is 10.0. The molecule has 0 spiro atoms. The lowest BCUT2D eigenvalue weighted by Crippen LogP contribution is -2.41. The molecule has 104 valence electrons. The van der Waals surface area contributed by atoms with E-state index in [2.05, 4.69) is 10.6 Å². The van der Waals surface area contributed by atoms with Gasteiger partial charge >= 0.3 is 11.8 Å². The van der Waals surface area contributed by atoms with Crippen LogP contribution in [-0.4, -0.2) is 38.6 Å². The number of hydrogen-bond acceptors (Lipinski definition) is 3. The van der Waals surface area contributed by atoms with Gasteiger partial charge in [-0.25, -0.2) is 0 Å². The van der Waals surface area contributed by atoms with Gasteiger partial charge in [0.25, 0.3) is 0 Å². The molecule has 1 aliphatic carbocycles. The minimum atomic E-state index is -0.544. The first-order chi connectivity index (χ1) is 8.74. The Kier molecular flexibility index (Phi) is 7.41. The smallest absolute Gasteiger partial charge is 0.309 e. The van der Waals surface area contributed by atoms with Gasteiger partial charge in [-0.15, -0.1) is 0 Å². The highest BCUT2D eigenvalue weighted by Gasteiger charge is 2.16. The molecule has 1 fully saturated rings. The van der Waals surface area contributed by atoms with Crippen LogP contribution in [0.2, 0.25) is 0 Å². The molecule has 2 N–H and O–H groups in total. The molecular formula is C13H24N2O3. The van der Waals surface area contributed by atoms with Crippen LogP contribution in [0, 0.1) is 5.92 Å². The van der Waals surface area contributed by atoms with Crippen molar-refractivity contribution in [3.63, 3.8) is 0 Å². The van der Waals surface area contributed by atoms with Crippen LogP contribution >= 0.6 is 0 Å². The van der Waals surface area contributed by atoms with Crippen LogP contribution in [0.3, 0.4) is 0 Å². The average Bonchev–Trinajstić information content (AvgIpc) is 2.87. The molecule has 0 heterocycles. The van der Waals surface area contributed by atoms with E-state index in [0.717, 1.165) is 18.8 Å². The summed E-state index contributed by atoms with van der Waals surface area (Å²) < 4.78 is 4.85. The molecule has 0 aliphatic heterocycles. The second-order valence-corrected chi connectivity index (χ2v) is 4.80. The summed E-state index contributed by atoms with van der Waals surface area (Å²) in [6, 6.07) is 0. The van der Waals surface area contributed by atoms with Crippen LogP contribution < -0.4 is 10.6 Å². The fourth-order valence-electron chi connectivity index (χ4n) is 2.27. The number of amides is 2. The molecule has 0 radical (unpaired) electrons. The van der Waals surface area contributed by atoms with Gasteiger partial charge in [-0.1, -0.05) is 25.7 Å². The molecule has 18 heavy (non-hydrogen) atoms. The van der Waals surface area contributed by atoms with Crippen LogP contribution in [-0.2, 0) is 14.3 Å². The summed E-state index contributed by atoms with van der Waals surface area (Å²) in [6.07, 6.45) is 6.84. The van der Waals surface area contributed by atoms with E-state index in [-0.39, 0.29) is 0 Å². The normalized spacial score (nSPS) is 15.6. The van der Waals surface area contributed by atoms with Gasteiger partial charge in [0.05, 0.1) is 0 Å². The molecule has 1 saturated carbocycles. The van der Waals surface area contributed by atoms with E-state index < -0.39 is 11.8 Å². The molecular weight excluding hydrogens is 232 g/mol. The van der Waals surface area contributed by atoms with Crippen molar-refractivity contribution in [2.45, 2.75) is 38.5 Å². The van der Waals surface area contributed by atoms with Crippen molar-refractivity contribution in [2.75, 3.05) is 26.8 Å². The van der Waals surface area contributed by atoms with E-state index in [0.29, 0.717) is 19.7 Å². The molecule has 1 rings (SSSR count). The van der Waals surface area contributed by atoms with Crippen molar-refractivity contribution in [3.8, 4) is 0 Å². The SMILES string of the molecule is COCCCNC(=O)C(=O)NCCC1CCCC1. The predicted octanol–water partition coefficient (Wildman–Crippen LogP) is 0.836. The number of carbonyl (C=O) groups is 2. The zero-order valence-corrected chi connectivity index (χ0v) is 11.2. The summed E-state index contributed by atoms with van der Waals surface area (Å²) in [7, 11) is 1.61. The van der Waals surface area contributed by atoms with Gasteiger partial charge in [0.2, 0.25) is 0 Å². The Balaban J connectivity index is 2.02. The van der Waals surface area contributed by atoms with Crippen LogP contribution in [0.1, 0.15) is 38.5 Å². The standard InChI is InChI=1S/C13H24N2O3/c1-18-10-4-8-14-12(16)13(17)15-9-7-11-5-2-3-6-11/h11H,2-10H2,1H3,(H,14,16)(H,15,17). The van der Waals surface area contributed by atoms with Crippen LogP contribution in [0.5, 0.6) is 0 Å². The lowest BCUT2D eigenvalue weighted by Gasteiger charge is -2.09. The van der Waals surface area contributed by atoms with E-state index in [9.17, 15) is 9.59 Å². The number of hydrogen-bond donors (Lipinski definition) is 2. The average molecular weight is 256 g/mol. The maximum atomic E-state index is 11.4. The van der Waals surface area contributed by atoms with Gasteiger partial charge in [-0.05, 0) is 18.8 Å². The molecule has 5 nitrogen and oxygen atoms in total. The van der Waals surface area contributed by atoms with Crippen LogP contribution in [0.15, 0.2) is 0 Å². The monoisotopic (exact) mass is 256 g/mol. The number of nitrogens with one attached hydrogen (secondary N) is 2. The summed E-state index contributed by atoms with van der Waals surface area (Å²) in [4.78, 5) is 22.8. The van der Waals surface area contributed by atoms with Crippen molar-refractivity contribution < 1.29 is 14.3 Å². The molecule has 0 aromatic heterocycles. The Bertz CT molecular complexity index is 263. The first-order valence-corrected chi connectivity index (χ1v) is 6.79. The maximum absolute atomic E-state index is 11.4. The molecule has 0 bridgehead atoms. The number of rotatable bonds is 7. The summed E-state index contributed by atoms with van der Waals surface area (Å²) in [5, 5.41) is 5.23. The van der Waals surface area contributed by atoms with Gasteiger partial charge in [0, 0.05) is 26.8 Å². The quantitative estimate of drug-likeness (QED) is 0.524. The zero-order chi connectivity index (χ0) is 13.2. The predicted molar refractivity (Wildman–Crippen MR) is 69.1 cm³/mol. The largest absolute Gasteiger partial charge is 0.385 e. The van der Waals surface area contributed by atoms with E-state index in [1.165, 1.54) is 25.7 Å². The first-order valence-electron chi connectivity index (χ1n) is 6.79. The minimum absolute atomic E-state index is 0.475. The minimum Gasteiger partial charge on any atom is -0.385 e. The van der Waals surface area contributed by atoms with Gasteiger partial charge in [0.1, 0.15) is 0 Å². The fourth-order valence-corrected chi connectivity index (χ4v) is 2.27. The first kappa shape index (κ1) is 15.0. The van der Waals surface area contributed by atoms with Gasteiger partial charge in [0.15, 0.2) is 0 Å². The fraction of sp³-hybridized carbons (Fsp3) is 0.846. The molecule has 0 saturated heterocycles. The lowest BCUT2D eigenvalue weighted by molar-refractivity contribution is -0.139. The Morgan fingerprint density at radius 2 is 1.72 bits per heavy atom. The third kappa shape index (κ3) is 6.00. The molecule has 0 aromatic rings. The Morgan fingerprint density at radius 1 is 1.11 bits per heavy atom. The summed E-state index contributed by atoms with van der Waals surface area (Å²) in [6.45, 7) is 1.67. The maximum Gasteiger partial charge on any atom is 0.309 e. The second kappa shape index (κ2) is 8.91.